The molecule has 1 heterocycles. The van der Waals surface area contributed by atoms with Gasteiger partial charge in [-0.05, 0) is 73.6 Å². The van der Waals surface area contributed by atoms with Gasteiger partial charge in [-0.1, -0.05) is 18.2 Å². The molecule has 0 unspecified atom stereocenters. The second-order valence-corrected chi connectivity index (χ2v) is 8.25. The molecule has 2 aromatic carbocycles. The van der Waals surface area contributed by atoms with E-state index in [2.05, 4.69) is 22.3 Å². The van der Waals surface area contributed by atoms with Crippen molar-refractivity contribution in [2.75, 3.05) is 36.5 Å². The Morgan fingerprint density at radius 3 is 2.48 bits per heavy atom. The highest BCUT2D eigenvalue weighted by atomic mass is 16.5. The summed E-state index contributed by atoms with van der Waals surface area (Å²) in [5.41, 5.74) is 5.45. The Morgan fingerprint density at radius 1 is 1.03 bits per heavy atom. The van der Waals surface area contributed by atoms with Gasteiger partial charge in [0.2, 0.25) is 0 Å². The van der Waals surface area contributed by atoms with Gasteiger partial charge in [0.15, 0.2) is 6.10 Å². The number of benzene rings is 2. The largest absolute Gasteiger partial charge is 0.452 e. The first-order chi connectivity index (χ1) is 15.1. The maximum absolute atomic E-state index is 12.5. The number of anilines is 2. The summed E-state index contributed by atoms with van der Waals surface area (Å²) >= 11 is 0. The fourth-order valence-corrected chi connectivity index (χ4v) is 4.18. The number of hydrogen-bond acceptors (Lipinski definition) is 5. The van der Waals surface area contributed by atoms with Crippen molar-refractivity contribution in [3.8, 4) is 0 Å². The topological polar surface area (TPSA) is 67.9 Å². The van der Waals surface area contributed by atoms with Crippen LogP contribution >= 0.6 is 0 Å². The van der Waals surface area contributed by atoms with Crippen LogP contribution in [0.15, 0.2) is 42.5 Å². The van der Waals surface area contributed by atoms with Crippen molar-refractivity contribution >= 4 is 23.3 Å². The van der Waals surface area contributed by atoms with Gasteiger partial charge in [-0.2, -0.15) is 0 Å². The summed E-state index contributed by atoms with van der Waals surface area (Å²) in [6.45, 7) is 4.79. The van der Waals surface area contributed by atoms with Gasteiger partial charge in [0.05, 0.1) is 19.6 Å². The molecule has 6 heteroatoms. The Balaban J connectivity index is 1.27. The lowest BCUT2D eigenvalue weighted by atomic mass is 9.90. The second-order valence-electron chi connectivity index (χ2n) is 8.25. The molecule has 2 aromatic rings. The van der Waals surface area contributed by atoms with Crippen LogP contribution in [-0.2, 0) is 38.3 Å². The Hall–Kier alpha value is -2.86. The first-order valence-electron chi connectivity index (χ1n) is 11.1. The standard InChI is InChI=1S/C25H30N2O4/c1-18(31-24(28)17-19-6-7-20-4-2-3-5-21(20)16-19)25(29)26-22-8-10-23(11-9-22)27-12-14-30-15-13-27/h6-11,16,18H,2-5,12-15,17H2,1H3,(H,26,29)/t18-/m0/s1. The van der Waals surface area contributed by atoms with Crippen LogP contribution in [0, 0.1) is 0 Å². The smallest absolute Gasteiger partial charge is 0.311 e. The molecule has 0 bridgehead atoms. The van der Waals surface area contributed by atoms with E-state index in [1.54, 1.807) is 6.92 Å². The normalized spacial score (nSPS) is 16.9. The number of carbonyl (C=O) groups is 2. The van der Waals surface area contributed by atoms with E-state index in [1.807, 2.05) is 30.3 Å². The maximum Gasteiger partial charge on any atom is 0.311 e. The molecule has 0 aromatic heterocycles. The second kappa shape index (κ2) is 9.96. The number of ether oxygens (including phenoxy) is 2. The van der Waals surface area contributed by atoms with E-state index >= 15 is 0 Å². The van der Waals surface area contributed by atoms with Gasteiger partial charge >= 0.3 is 5.97 Å². The summed E-state index contributed by atoms with van der Waals surface area (Å²) in [6.07, 6.45) is 3.94. The molecule has 1 aliphatic heterocycles. The summed E-state index contributed by atoms with van der Waals surface area (Å²) in [6, 6.07) is 13.9. The summed E-state index contributed by atoms with van der Waals surface area (Å²) < 4.78 is 10.8. The van der Waals surface area contributed by atoms with Crippen molar-refractivity contribution in [1.29, 1.82) is 0 Å². The third-order valence-corrected chi connectivity index (χ3v) is 5.95. The van der Waals surface area contributed by atoms with Crippen molar-refractivity contribution in [3.63, 3.8) is 0 Å². The highest BCUT2D eigenvalue weighted by Gasteiger charge is 2.19. The van der Waals surface area contributed by atoms with Gasteiger partial charge in [-0.15, -0.1) is 0 Å². The van der Waals surface area contributed by atoms with Crippen LogP contribution in [0.5, 0.6) is 0 Å². The molecular weight excluding hydrogens is 392 g/mol. The van der Waals surface area contributed by atoms with Gasteiger partial charge in [0.25, 0.3) is 5.91 Å². The number of fused-ring (bicyclic) bond motifs is 1. The predicted molar refractivity (Wildman–Crippen MR) is 120 cm³/mol. The molecule has 6 nitrogen and oxygen atoms in total. The Kier molecular flexibility index (Phi) is 6.87. The maximum atomic E-state index is 12.5. The third-order valence-electron chi connectivity index (χ3n) is 5.95. The highest BCUT2D eigenvalue weighted by molar-refractivity contribution is 5.95. The van der Waals surface area contributed by atoms with Crippen molar-refractivity contribution in [1.82, 2.24) is 0 Å². The molecule has 4 rings (SSSR count). The minimum absolute atomic E-state index is 0.180. The van der Waals surface area contributed by atoms with Crippen molar-refractivity contribution in [2.24, 2.45) is 0 Å². The summed E-state index contributed by atoms with van der Waals surface area (Å²) in [4.78, 5) is 27.1. The average Bonchev–Trinajstić information content (AvgIpc) is 2.80. The number of amides is 1. The number of hydrogen-bond donors (Lipinski definition) is 1. The number of aryl methyl sites for hydroxylation is 2. The zero-order valence-corrected chi connectivity index (χ0v) is 18.1. The number of morpholine rings is 1. The molecule has 2 aliphatic rings. The molecule has 1 fully saturated rings. The van der Waals surface area contributed by atoms with Gasteiger partial charge in [-0.25, -0.2) is 0 Å². The Labute approximate surface area is 183 Å². The van der Waals surface area contributed by atoms with E-state index in [9.17, 15) is 9.59 Å². The van der Waals surface area contributed by atoms with E-state index in [0.29, 0.717) is 5.69 Å². The van der Waals surface area contributed by atoms with Crippen LogP contribution in [0.4, 0.5) is 11.4 Å². The summed E-state index contributed by atoms with van der Waals surface area (Å²) in [5.74, 6) is -0.723. The van der Waals surface area contributed by atoms with Crippen LogP contribution < -0.4 is 10.2 Å². The first-order valence-corrected chi connectivity index (χ1v) is 11.1. The molecule has 0 saturated carbocycles. The molecule has 1 atom stereocenters. The molecule has 1 N–H and O–H groups in total. The van der Waals surface area contributed by atoms with E-state index in [-0.39, 0.29) is 18.3 Å². The van der Waals surface area contributed by atoms with Crippen LogP contribution in [0.25, 0.3) is 0 Å². The lowest BCUT2D eigenvalue weighted by molar-refractivity contribution is -0.152. The van der Waals surface area contributed by atoms with E-state index < -0.39 is 6.10 Å². The van der Waals surface area contributed by atoms with Crippen LogP contribution in [0.3, 0.4) is 0 Å². The van der Waals surface area contributed by atoms with Crippen LogP contribution in [0.2, 0.25) is 0 Å². The monoisotopic (exact) mass is 422 g/mol. The highest BCUT2D eigenvalue weighted by Crippen LogP contribution is 2.23. The minimum atomic E-state index is -0.857. The molecule has 1 amide bonds. The molecule has 0 radical (unpaired) electrons. The number of nitrogens with zero attached hydrogens (tertiary/aromatic N) is 1. The molecule has 0 spiro atoms. The SMILES string of the molecule is C[C@H](OC(=O)Cc1ccc2c(c1)CCCC2)C(=O)Nc1ccc(N2CCOCC2)cc1. The Bertz CT molecular complexity index is 920. The zero-order chi connectivity index (χ0) is 21.6. The number of esters is 1. The molecule has 1 aliphatic carbocycles. The van der Waals surface area contributed by atoms with Crippen LogP contribution in [-0.4, -0.2) is 44.3 Å². The third kappa shape index (κ3) is 5.64. The average molecular weight is 423 g/mol. The van der Waals surface area contributed by atoms with Gasteiger partial charge in [0.1, 0.15) is 0 Å². The Morgan fingerprint density at radius 2 is 1.74 bits per heavy atom. The van der Waals surface area contributed by atoms with Crippen molar-refractivity contribution in [3.05, 3.63) is 59.2 Å². The predicted octanol–water partition coefficient (Wildman–Crippen LogP) is 3.51. The number of rotatable bonds is 6. The summed E-state index contributed by atoms with van der Waals surface area (Å²) in [5, 5.41) is 2.82. The van der Waals surface area contributed by atoms with Gasteiger partial charge in [-0.3, -0.25) is 9.59 Å². The quantitative estimate of drug-likeness (QED) is 0.722. The van der Waals surface area contributed by atoms with E-state index in [1.165, 1.54) is 24.0 Å². The van der Waals surface area contributed by atoms with Crippen LogP contribution in [0.1, 0.15) is 36.5 Å². The van der Waals surface area contributed by atoms with E-state index in [0.717, 1.165) is 50.4 Å². The van der Waals surface area contributed by atoms with Gasteiger partial charge in [0, 0.05) is 24.5 Å². The van der Waals surface area contributed by atoms with Crippen molar-refractivity contribution in [2.45, 2.75) is 45.1 Å². The van der Waals surface area contributed by atoms with Gasteiger partial charge < -0.3 is 19.7 Å². The fourth-order valence-electron chi connectivity index (χ4n) is 4.18. The molecule has 1 saturated heterocycles. The first kappa shape index (κ1) is 21.4. The molecule has 164 valence electrons. The molecule has 31 heavy (non-hydrogen) atoms. The lowest BCUT2D eigenvalue weighted by Crippen LogP contribution is -2.36. The minimum Gasteiger partial charge on any atom is -0.452 e. The number of carbonyl (C=O) groups excluding carboxylic acids is 2. The fraction of sp³-hybridized carbons (Fsp3) is 0.440. The van der Waals surface area contributed by atoms with Crippen molar-refractivity contribution < 1.29 is 19.1 Å². The van der Waals surface area contributed by atoms with E-state index in [4.69, 9.17) is 9.47 Å². The number of nitrogens with one attached hydrogen (secondary N) is 1. The summed E-state index contributed by atoms with van der Waals surface area (Å²) in [7, 11) is 0. The lowest BCUT2D eigenvalue weighted by Gasteiger charge is -2.28. The zero-order valence-electron chi connectivity index (χ0n) is 18.1. The molecular formula is C25H30N2O4.